The largest absolute Gasteiger partial charge is 0.416 e. The van der Waals surface area contributed by atoms with Crippen LogP contribution in [-0.4, -0.2) is 22.8 Å². The van der Waals surface area contributed by atoms with Gasteiger partial charge in [0.25, 0.3) is 0 Å². The number of fused-ring (bicyclic) bond motifs is 1. The Labute approximate surface area is 160 Å². The van der Waals surface area contributed by atoms with E-state index in [-0.39, 0.29) is 17.7 Å². The SMILES string of the molecule is NC(=O)C1Cc2ccccc2CN1C(=O)C1CC1c1ccc(C(F)(F)F)cc1. The van der Waals surface area contributed by atoms with Crippen LogP contribution in [-0.2, 0) is 28.7 Å². The van der Waals surface area contributed by atoms with Crippen molar-refractivity contribution in [2.24, 2.45) is 11.7 Å². The number of halogens is 3. The van der Waals surface area contributed by atoms with Gasteiger partial charge < -0.3 is 10.6 Å². The highest BCUT2D eigenvalue weighted by molar-refractivity contribution is 5.90. The minimum Gasteiger partial charge on any atom is -0.368 e. The molecular weight excluding hydrogens is 369 g/mol. The fraction of sp³-hybridized carbons (Fsp3) is 0.333. The molecule has 3 atom stereocenters. The van der Waals surface area contributed by atoms with E-state index < -0.39 is 23.7 Å². The fourth-order valence-electron chi connectivity index (χ4n) is 3.98. The number of benzene rings is 2. The summed E-state index contributed by atoms with van der Waals surface area (Å²) in [6.07, 6.45) is -3.43. The molecular formula is C21H19F3N2O2. The number of rotatable bonds is 3. The molecule has 1 saturated carbocycles. The summed E-state index contributed by atoms with van der Waals surface area (Å²) in [6, 6.07) is 11.9. The van der Waals surface area contributed by atoms with Crippen LogP contribution in [0.2, 0.25) is 0 Å². The number of hydrogen-bond acceptors (Lipinski definition) is 2. The van der Waals surface area contributed by atoms with Gasteiger partial charge in [0.05, 0.1) is 5.56 Å². The van der Waals surface area contributed by atoms with E-state index in [4.69, 9.17) is 5.73 Å². The minimum absolute atomic E-state index is 0.125. The van der Waals surface area contributed by atoms with E-state index in [2.05, 4.69) is 0 Å². The highest BCUT2D eigenvalue weighted by Gasteiger charge is 2.48. The third-order valence-electron chi connectivity index (χ3n) is 5.63. The lowest BCUT2D eigenvalue weighted by molar-refractivity contribution is -0.141. The molecule has 2 aromatic rings. The first-order chi connectivity index (χ1) is 13.3. The van der Waals surface area contributed by atoms with Crippen molar-refractivity contribution >= 4 is 11.8 Å². The van der Waals surface area contributed by atoms with Crippen molar-refractivity contribution in [2.45, 2.75) is 37.5 Å². The molecule has 0 aromatic heterocycles. The van der Waals surface area contributed by atoms with E-state index in [0.29, 0.717) is 24.9 Å². The summed E-state index contributed by atoms with van der Waals surface area (Å²) in [5, 5.41) is 0. The molecule has 2 aromatic carbocycles. The smallest absolute Gasteiger partial charge is 0.368 e. The second-order valence-electron chi connectivity index (χ2n) is 7.43. The summed E-state index contributed by atoms with van der Waals surface area (Å²) in [5.41, 5.74) is 7.53. The Balaban J connectivity index is 1.51. The van der Waals surface area contributed by atoms with Crippen molar-refractivity contribution in [3.63, 3.8) is 0 Å². The average Bonchev–Trinajstić information content (AvgIpc) is 3.46. The molecule has 1 aliphatic carbocycles. The molecule has 0 saturated heterocycles. The summed E-state index contributed by atoms with van der Waals surface area (Å²) in [4.78, 5) is 26.5. The zero-order valence-corrected chi connectivity index (χ0v) is 14.9. The van der Waals surface area contributed by atoms with Gasteiger partial charge in [0.15, 0.2) is 0 Å². The minimum atomic E-state index is -4.38. The third-order valence-corrected chi connectivity index (χ3v) is 5.63. The summed E-state index contributed by atoms with van der Waals surface area (Å²) < 4.78 is 38.2. The molecule has 146 valence electrons. The van der Waals surface area contributed by atoms with Gasteiger partial charge in [-0.3, -0.25) is 9.59 Å². The van der Waals surface area contributed by atoms with Crippen LogP contribution in [0.25, 0.3) is 0 Å². The highest BCUT2D eigenvalue weighted by atomic mass is 19.4. The van der Waals surface area contributed by atoms with Crippen LogP contribution in [0.3, 0.4) is 0 Å². The Morgan fingerprint density at radius 3 is 2.25 bits per heavy atom. The standard InChI is InChI=1S/C21H19F3N2O2/c22-21(23,24)15-7-5-12(6-8-15)16-10-17(16)20(28)26-11-14-4-2-1-3-13(14)9-18(26)19(25)27/h1-8,16-18H,9-11H2,(H2,25,27). The van der Waals surface area contributed by atoms with E-state index >= 15 is 0 Å². The van der Waals surface area contributed by atoms with Crippen molar-refractivity contribution in [2.75, 3.05) is 0 Å². The van der Waals surface area contributed by atoms with E-state index in [1.54, 1.807) is 0 Å². The zero-order chi connectivity index (χ0) is 20.1. The lowest BCUT2D eigenvalue weighted by Gasteiger charge is -2.35. The van der Waals surface area contributed by atoms with Crippen LogP contribution in [0.1, 0.15) is 34.6 Å². The summed E-state index contributed by atoms with van der Waals surface area (Å²) in [6.45, 7) is 0.318. The fourth-order valence-corrected chi connectivity index (χ4v) is 3.98. The number of carbonyl (C=O) groups excluding carboxylic acids is 2. The molecule has 2 aliphatic rings. The Kier molecular flexibility index (Phi) is 4.40. The number of amides is 2. The van der Waals surface area contributed by atoms with Gasteiger partial charge in [-0.25, -0.2) is 0 Å². The quantitative estimate of drug-likeness (QED) is 0.877. The Morgan fingerprint density at radius 2 is 1.64 bits per heavy atom. The molecule has 0 spiro atoms. The van der Waals surface area contributed by atoms with Crippen LogP contribution < -0.4 is 5.73 Å². The lowest BCUT2D eigenvalue weighted by atomic mass is 9.93. The van der Waals surface area contributed by atoms with Gasteiger partial charge in [0.2, 0.25) is 11.8 Å². The van der Waals surface area contributed by atoms with Gasteiger partial charge in [-0.1, -0.05) is 36.4 Å². The second kappa shape index (κ2) is 6.65. The van der Waals surface area contributed by atoms with Crippen LogP contribution in [0, 0.1) is 5.92 Å². The number of nitrogens with zero attached hydrogens (tertiary/aromatic N) is 1. The molecule has 3 unspecified atom stereocenters. The van der Waals surface area contributed by atoms with Crippen molar-refractivity contribution in [3.05, 3.63) is 70.8 Å². The van der Waals surface area contributed by atoms with Crippen LogP contribution >= 0.6 is 0 Å². The van der Waals surface area contributed by atoms with Gasteiger partial charge in [0, 0.05) is 18.9 Å². The van der Waals surface area contributed by atoms with Gasteiger partial charge in [-0.15, -0.1) is 0 Å². The first kappa shape index (κ1) is 18.5. The maximum Gasteiger partial charge on any atom is 0.416 e. The Hall–Kier alpha value is -2.83. The topological polar surface area (TPSA) is 63.4 Å². The van der Waals surface area contributed by atoms with Crippen LogP contribution in [0.4, 0.5) is 13.2 Å². The Bertz CT molecular complexity index is 924. The molecule has 2 amide bonds. The monoisotopic (exact) mass is 388 g/mol. The number of primary amides is 1. The average molecular weight is 388 g/mol. The van der Waals surface area contributed by atoms with Crippen LogP contribution in [0.5, 0.6) is 0 Å². The molecule has 2 N–H and O–H groups in total. The number of carbonyl (C=O) groups is 2. The molecule has 4 rings (SSSR count). The molecule has 1 heterocycles. The van der Waals surface area contributed by atoms with Crippen molar-refractivity contribution in [1.29, 1.82) is 0 Å². The van der Waals surface area contributed by atoms with Crippen molar-refractivity contribution < 1.29 is 22.8 Å². The molecule has 1 aliphatic heterocycles. The van der Waals surface area contributed by atoms with Crippen LogP contribution in [0.15, 0.2) is 48.5 Å². The van der Waals surface area contributed by atoms with E-state index in [1.165, 1.54) is 17.0 Å². The first-order valence-corrected chi connectivity index (χ1v) is 9.09. The molecule has 28 heavy (non-hydrogen) atoms. The van der Waals surface area contributed by atoms with Gasteiger partial charge in [-0.2, -0.15) is 13.2 Å². The Morgan fingerprint density at radius 1 is 1.00 bits per heavy atom. The molecule has 1 fully saturated rings. The van der Waals surface area contributed by atoms with E-state index in [1.807, 2.05) is 24.3 Å². The maximum atomic E-state index is 13.0. The van der Waals surface area contributed by atoms with E-state index in [0.717, 1.165) is 23.3 Å². The maximum absolute atomic E-state index is 13.0. The van der Waals surface area contributed by atoms with Gasteiger partial charge in [0.1, 0.15) is 6.04 Å². The summed E-state index contributed by atoms with van der Waals surface area (Å²) in [5.74, 6) is -1.16. The molecule has 0 radical (unpaired) electrons. The van der Waals surface area contributed by atoms with Crippen molar-refractivity contribution in [1.82, 2.24) is 4.90 Å². The second-order valence-corrected chi connectivity index (χ2v) is 7.43. The van der Waals surface area contributed by atoms with E-state index in [9.17, 15) is 22.8 Å². The zero-order valence-electron chi connectivity index (χ0n) is 14.9. The number of hydrogen-bond donors (Lipinski definition) is 1. The molecule has 7 heteroatoms. The normalized spacial score (nSPS) is 23.8. The highest BCUT2D eigenvalue weighted by Crippen LogP contribution is 2.49. The summed E-state index contributed by atoms with van der Waals surface area (Å²) >= 11 is 0. The first-order valence-electron chi connectivity index (χ1n) is 9.09. The lowest BCUT2D eigenvalue weighted by Crippen LogP contribution is -2.51. The van der Waals surface area contributed by atoms with Crippen molar-refractivity contribution in [3.8, 4) is 0 Å². The third kappa shape index (κ3) is 3.37. The predicted octanol–water partition coefficient (Wildman–Crippen LogP) is 3.25. The number of alkyl halides is 3. The van der Waals surface area contributed by atoms with Gasteiger partial charge >= 0.3 is 6.18 Å². The molecule has 0 bridgehead atoms. The predicted molar refractivity (Wildman–Crippen MR) is 96.0 cm³/mol. The summed E-state index contributed by atoms with van der Waals surface area (Å²) in [7, 11) is 0. The molecule has 4 nitrogen and oxygen atoms in total. The van der Waals surface area contributed by atoms with Gasteiger partial charge in [-0.05, 0) is 41.2 Å². The number of nitrogens with two attached hydrogens (primary N) is 1.